The van der Waals surface area contributed by atoms with Crippen LogP contribution in [0.4, 0.5) is 0 Å². The minimum atomic E-state index is 0.473. The predicted octanol–water partition coefficient (Wildman–Crippen LogP) is 4.09. The molecule has 122 valence electrons. The fourth-order valence-electron chi connectivity index (χ4n) is 3.77. The molecule has 0 aliphatic carbocycles. The van der Waals surface area contributed by atoms with Crippen molar-refractivity contribution < 1.29 is 0 Å². The van der Waals surface area contributed by atoms with Crippen LogP contribution in [0.5, 0.6) is 0 Å². The molecule has 0 saturated heterocycles. The van der Waals surface area contributed by atoms with Gasteiger partial charge in [-0.25, -0.2) is 0 Å². The van der Waals surface area contributed by atoms with Gasteiger partial charge in [0.2, 0.25) is 0 Å². The third kappa shape index (κ3) is 3.82. The standard InChI is InChI=1S/C21H28N2/c1-2-12-23-13-6-9-19-11-10-18(16-22)14-20(19)21(23)15-17-7-4-3-5-8-17/h3-5,7-8,10-11,14,21H,2,6,9,12-13,15-16,22H2,1H3. The van der Waals surface area contributed by atoms with Crippen LogP contribution in [0.25, 0.3) is 0 Å². The second-order valence-corrected chi connectivity index (χ2v) is 6.58. The molecule has 2 nitrogen and oxygen atoms in total. The van der Waals surface area contributed by atoms with E-state index in [-0.39, 0.29) is 0 Å². The second-order valence-electron chi connectivity index (χ2n) is 6.58. The van der Waals surface area contributed by atoms with Crippen molar-refractivity contribution in [2.24, 2.45) is 5.73 Å². The van der Waals surface area contributed by atoms with E-state index in [9.17, 15) is 0 Å². The average Bonchev–Trinajstić information content (AvgIpc) is 2.76. The first-order valence-corrected chi connectivity index (χ1v) is 8.91. The predicted molar refractivity (Wildman–Crippen MR) is 97.4 cm³/mol. The van der Waals surface area contributed by atoms with Gasteiger partial charge in [-0.1, -0.05) is 55.5 Å². The van der Waals surface area contributed by atoms with Crippen molar-refractivity contribution in [3.63, 3.8) is 0 Å². The van der Waals surface area contributed by atoms with Crippen LogP contribution < -0.4 is 5.73 Å². The van der Waals surface area contributed by atoms with E-state index in [0.717, 1.165) is 6.42 Å². The molecule has 0 spiro atoms. The minimum Gasteiger partial charge on any atom is -0.326 e. The fourth-order valence-corrected chi connectivity index (χ4v) is 3.77. The highest BCUT2D eigenvalue weighted by atomic mass is 15.2. The largest absolute Gasteiger partial charge is 0.326 e. The van der Waals surface area contributed by atoms with E-state index in [1.54, 1.807) is 0 Å². The first-order valence-electron chi connectivity index (χ1n) is 8.91. The van der Waals surface area contributed by atoms with Gasteiger partial charge in [0.15, 0.2) is 0 Å². The summed E-state index contributed by atoms with van der Waals surface area (Å²) < 4.78 is 0. The lowest BCUT2D eigenvalue weighted by Crippen LogP contribution is -2.31. The lowest BCUT2D eigenvalue weighted by molar-refractivity contribution is 0.200. The summed E-state index contributed by atoms with van der Waals surface area (Å²) in [6.45, 7) is 5.27. The van der Waals surface area contributed by atoms with Gasteiger partial charge in [0.05, 0.1) is 0 Å². The molecule has 0 saturated carbocycles. The zero-order chi connectivity index (χ0) is 16.1. The van der Waals surface area contributed by atoms with Crippen molar-refractivity contribution in [1.29, 1.82) is 0 Å². The Morgan fingerprint density at radius 1 is 1.09 bits per heavy atom. The van der Waals surface area contributed by atoms with E-state index in [4.69, 9.17) is 5.73 Å². The number of hydrogen-bond donors (Lipinski definition) is 1. The molecule has 2 heteroatoms. The quantitative estimate of drug-likeness (QED) is 0.901. The monoisotopic (exact) mass is 308 g/mol. The van der Waals surface area contributed by atoms with Crippen molar-refractivity contribution in [2.75, 3.05) is 13.1 Å². The molecule has 2 aromatic rings. The van der Waals surface area contributed by atoms with Crippen LogP contribution in [-0.4, -0.2) is 18.0 Å². The van der Waals surface area contributed by atoms with Crippen LogP contribution >= 0.6 is 0 Å². The Balaban J connectivity index is 1.98. The Morgan fingerprint density at radius 3 is 2.65 bits per heavy atom. The minimum absolute atomic E-state index is 0.473. The summed E-state index contributed by atoms with van der Waals surface area (Å²) in [4.78, 5) is 2.68. The van der Waals surface area contributed by atoms with E-state index < -0.39 is 0 Å². The van der Waals surface area contributed by atoms with Gasteiger partial charge in [-0.15, -0.1) is 0 Å². The number of benzene rings is 2. The second kappa shape index (κ2) is 7.76. The molecule has 1 unspecified atom stereocenters. The number of rotatable bonds is 5. The van der Waals surface area contributed by atoms with Crippen molar-refractivity contribution in [1.82, 2.24) is 4.90 Å². The maximum absolute atomic E-state index is 5.90. The third-order valence-electron chi connectivity index (χ3n) is 4.92. The highest BCUT2D eigenvalue weighted by Gasteiger charge is 2.25. The van der Waals surface area contributed by atoms with Crippen molar-refractivity contribution in [3.8, 4) is 0 Å². The smallest absolute Gasteiger partial charge is 0.0391 e. The first-order chi connectivity index (χ1) is 11.3. The third-order valence-corrected chi connectivity index (χ3v) is 4.92. The van der Waals surface area contributed by atoms with E-state index in [2.05, 4.69) is 60.4 Å². The molecule has 23 heavy (non-hydrogen) atoms. The molecule has 1 aliphatic rings. The molecule has 0 bridgehead atoms. The van der Waals surface area contributed by atoms with Gasteiger partial charge in [-0.3, -0.25) is 4.90 Å². The Hall–Kier alpha value is -1.64. The number of fused-ring (bicyclic) bond motifs is 1. The van der Waals surface area contributed by atoms with Crippen molar-refractivity contribution in [2.45, 2.75) is 45.2 Å². The molecule has 1 heterocycles. The van der Waals surface area contributed by atoms with Crippen LogP contribution in [-0.2, 0) is 19.4 Å². The Labute approximate surface area is 140 Å². The first kappa shape index (κ1) is 16.2. The zero-order valence-electron chi connectivity index (χ0n) is 14.2. The molecule has 2 N–H and O–H groups in total. The zero-order valence-corrected chi connectivity index (χ0v) is 14.2. The summed E-state index contributed by atoms with van der Waals surface area (Å²) in [6, 6.07) is 18.2. The number of aryl methyl sites for hydroxylation is 1. The lowest BCUT2D eigenvalue weighted by atomic mass is 9.92. The Kier molecular flexibility index (Phi) is 5.47. The van der Waals surface area contributed by atoms with Gasteiger partial charge < -0.3 is 5.73 Å². The maximum atomic E-state index is 5.90. The SMILES string of the molecule is CCCN1CCCc2ccc(CN)cc2C1Cc1ccccc1. The average molecular weight is 308 g/mol. The fraction of sp³-hybridized carbons (Fsp3) is 0.429. The molecule has 3 rings (SSSR count). The van der Waals surface area contributed by atoms with E-state index in [1.165, 1.54) is 54.6 Å². The molecular weight excluding hydrogens is 280 g/mol. The normalized spacial score (nSPS) is 18.4. The van der Waals surface area contributed by atoms with Gasteiger partial charge >= 0.3 is 0 Å². The van der Waals surface area contributed by atoms with Gasteiger partial charge in [0.1, 0.15) is 0 Å². The summed E-state index contributed by atoms with van der Waals surface area (Å²) in [6.07, 6.45) is 4.73. The van der Waals surface area contributed by atoms with Crippen LogP contribution in [0.15, 0.2) is 48.5 Å². The molecule has 0 amide bonds. The van der Waals surface area contributed by atoms with Gasteiger partial charge in [0.25, 0.3) is 0 Å². The molecule has 1 aliphatic heterocycles. The van der Waals surface area contributed by atoms with E-state index >= 15 is 0 Å². The van der Waals surface area contributed by atoms with Crippen LogP contribution in [0, 0.1) is 0 Å². The molecule has 0 radical (unpaired) electrons. The number of nitrogens with zero attached hydrogens (tertiary/aromatic N) is 1. The molecule has 0 aromatic heterocycles. The molecule has 0 fully saturated rings. The van der Waals surface area contributed by atoms with Gasteiger partial charge in [0, 0.05) is 12.6 Å². The Morgan fingerprint density at radius 2 is 1.91 bits per heavy atom. The summed E-state index contributed by atoms with van der Waals surface area (Å²) in [7, 11) is 0. The number of nitrogens with two attached hydrogens (primary N) is 1. The lowest BCUT2D eigenvalue weighted by Gasteiger charge is -2.31. The van der Waals surface area contributed by atoms with E-state index in [1.807, 2.05) is 0 Å². The summed E-state index contributed by atoms with van der Waals surface area (Å²) in [5.41, 5.74) is 11.6. The maximum Gasteiger partial charge on any atom is 0.0391 e. The molecule has 2 aromatic carbocycles. The van der Waals surface area contributed by atoms with Crippen molar-refractivity contribution >= 4 is 0 Å². The van der Waals surface area contributed by atoms with Crippen LogP contribution in [0.2, 0.25) is 0 Å². The van der Waals surface area contributed by atoms with Gasteiger partial charge in [-0.2, -0.15) is 0 Å². The molecule has 1 atom stereocenters. The number of hydrogen-bond acceptors (Lipinski definition) is 2. The summed E-state index contributed by atoms with van der Waals surface area (Å²) in [5.74, 6) is 0. The summed E-state index contributed by atoms with van der Waals surface area (Å²) >= 11 is 0. The highest BCUT2D eigenvalue weighted by molar-refractivity contribution is 5.37. The molecular formula is C21H28N2. The van der Waals surface area contributed by atoms with Crippen LogP contribution in [0.1, 0.15) is 48.1 Å². The van der Waals surface area contributed by atoms with Crippen LogP contribution in [0.3, 0.4) is 0 Å². The Bertz CT molecular complexity index is 621. The van der Waals surface area contributed by atoms with E-state index in [0.29, 0.717) is 12.6 Å². The van der Waals surface area contributed by atoms with Crippen molar-refractivity contribution in [3.05, 3.63) is 70.8 Å². The summed E-state index contributed by atoms with van der Waals surface area (Å²) in [5, 5.41) is 0. The van der Waals surface area contributed by atoms with Gasteiger partial charge in [-0.05, 0) is 61.0 Å². The topological polar surface area (TPSA) is 29.3 Å². The highest BCUT2D eigenvalue weighted by Crippen LogP contribution is 2.32.